The van der Waals surface area contributed by atoms with Gasteiger partial charge in [0.25, 0.3) is 0 Å². The molecule has 6 aromatic rings. The lowest BCUT2D eigenvalue weighted by Gasteiger charge is -2.15. The first-order valence-corrected chi connectivity index (χ1v) is 12.6. The molecule has 188 valence electrons. The zero-order valence-corrected chi connectivity index (χ0v) is 20.4. The summed E-state index contributed by atoms with van der Waals surface area (Å²) in [5.74, 6) is -0.232. The largest absolute Gasteiger partial charge is 0.335 e. The van der Waals surface area contributed by atoms with E-state index >= 15 is 4.39 Å². The van der Waals surface area contributed by atoms with E-state index in [0.29, 0.717) is 55.8 Å². The third-order valence-electron chi connectivity index (χ3n) is 7.14. The Balaban J connectivity index is 1.31. The highest BCUT2D eigenvalue weighted by molar-refractivity contribution is 5.97. The summed E-state index contributed by atoms with van der Waals surface area (Å²) in [4.78, 5) is 19.1. The van der Waals surface area contributed by atoms with E-state index in [2.05, 4.69) is 35.0 Å². The van der Waals surface area contributed by atoms with Gasteiger partial charge in [0.05, 0.1) is 11.0 Å². The standard InChI is InChI=1S/C29H23F2N7/c30-23-6-2-1-5-19(23)20-7-8-33-28-26(20)34-29(35-28)27-22-12-21(24(31)13-25(22)36-37-27)18-11-17(14-32-15-18)16-38-9-3-4-10-38/h1-2,5-8,11-15H,3-4,9-10,16H2,(H,36,37)(H,33,34,35). The van der Waals surface area contributed by atoms with Gasteiger partial charge in [-0.25, -0.2) is 18.7 Å². The fraction of sp³-hybridized carbons (Fsp3) is 0.172. The number of imidazole rings is 1. The van der Waals surface area contributed by atoms with Gasteiger partial charge in [0.2, 0.25) is 0 Å². The van der Waals surface area contributed by atoms with Crippen molar-refractivity contribution in [3.8, 4) is 33.8 Å². The molecule has 9 heteroatoms. The highest BCUT2D eigenvalue weighted by atomic mass is 19.1. The third-order valence-corrected chi connectivity index (χ3v) is 7.14. The van der Waals surface area contributed by atoms with Gasteiger partial charge in [0.1, 0.15) is 17.3 Å². The molecular formula is C29H23F2N7. The molecule has 2 aromatic carbocycles. The minimum Gasteiger partial charge on any atom is -0.335 e. The summed E-state index contributed by atoms with van der Waals surface area (Å²) in [6.45, 7) is 2.96. The number of rotatable bonds is 5. The molecule has 0 bridgehead atoms. The van der Waals surface area contributed by atoms with Crippen molar-refractivity contribution >= 4 is 22.1 Å². The number of hydrogen-bond acceptors (Lipinski definition) is 5. The number of aromatic amines is 2. The quantitative estimate of drug-likeness (QED) is 0.294. The molecule has 0 aliphatic carbocycles. The van der Waals surface area contributed by atoms with Crippen molar-refractivity contribution in [2.45, 2.75) is 19.4 Å². The number of nitrogens with zero attached hydrogens (tertiary/aromatic N) is 5. The minimum atomic E-state index is -0.360. The number of benzene rings is 2. The van der Waals surface area contributed by atoms with Crippen molar-refractivity contribution < 1.29 is 8.78 Å². The van der Waals surface area contributed by atoms with Crippen LogP contribution in [0.5, 0.6) is 0 Å². The first kappa shape index (κ1) is 22.7. The Morgan fingerprint density at radius 2 is 1.76 bits per heavy atom. The van der Waals surface area contributed by atoms with Gasteiger partial charge in [-0.05, 0) is 55.8 Å². The maximum atomic E-state index is 15.2. The summed E-state index contributed by atoms with van der Waals surface area (Å²) < 4.78 is 29.8. The monoisotopic (exact) mass is 507 g/mol. The molecule has 0 amide bonds. The second kappa shape index (κ2) is 9.11. The van der Waals surface area contributed by atoms with E-state index in [9.17, 15) is 4.39 Å². The smallest absolute Gasteiger partial charge is 0.178 e. The molecule has 0 atom stereocenters. The Hall–Kier alpha value is -4.50. The second-order valence-corrected chi connectivity index (χ2v) is 9.64. The van der Waals surface area contributed by atoms with Crippen LogP contribution in [0, 0.1) is 11.6 Å². The Kier molecular flexibility index (Phi) is 5.44. The van der Waals surface area contributed by atoms with Crippen LogP contribution in [0.15, 0.2) is 67.1 Å². The molecule has 4 aromatic heterocycles. The number of pyridine rings is 2. The average molecular weight is 508 g/mol. The molecule has 0 saturated carbocycles. The van der Waals surface area contributed by atoms with Crippen LogP contribution < -0.4 is 0 Å². The maximum absolute atomic E-state index is 15.2. The van der Waals surface area contributed by atoms with Crippen LogP contribution in [0.25, 0.3) is 55.8 Å². The van der Waals surface area contributed by atoms with E-state index in [1.165, 1.54) is 25.0 Å². The lowest BCUT2D eigenvalue weighted by Crippen LogP contribution is -2.18. The molecule has 0 spiro atoms. The molecule has 2 N–H and O–H groups in total. The van der Waals surface area contributed by atoms with Crippen LogP contribution in [0.2, 0.25) is 0 Å². The summed E-state index contributed by atoms with van der Waals surface area (Å²) in [6.07, 6.45) is 7.55. The number of fused-ring (bicyclic) bond motifs is 2. The predicted molar refractivity (Wildman–Crippen MR) is 142 cm³/mol. The first-order valence-electron chi connectivity index (χ1n) is 12.6. The molecule has 1 saturated heterocycles. The predicted octanol–water partition coefficient (Wildman–Crippen LogP) is 6.10. The van der Waals surface area contributed by atoms with Gasteiger partial charge in [-0.1, -0.05) is 18.2 Å². The van der Waals surface area contributed by atoms with Gasteiger partial charge >= 0.3 is 0 Å². The van der Waals surface area contributed by atoms with E-state index in [4.69, 9.17) is 0 Å². The molecule has 5 heterocycles. The second-order valence-electron chi connectivity index (χ2n) is 9.64. The Morgan fingerprint density at radius 3 is 2.63 bits per heavy atom. The van der Waals surface area contributed by atoms with Crippen molar-refractivity contribution in [2.24, 2.45) is 0 Å². The molecule has 0 unspecified atom stereocenters. The topological polar surface area (TPSA) is 86.4 Å². The Bertz CT molecular complexity index is 1800. The van der Waals surface area contributed by atoms with Crippen molar-refractivity contribution in [1.29, 1.82) is 0 Å². The first-order chi connectivity index (χ1) is 18.6. The lowest BCUT2D eigenvalue weighted by atomic mass is 10.0. The summed E-state index contributed by atoms with van der Waals surface area (Å²) >= 11 is 0. The van der Waals surface area contributed by atoms with Crippen molar-refractivity contribution in [3.63, 3.8) is 0 Å². The fourth-order valence-electron chi connectivity index (χ4n) is 5.29. The van der Waals surface area contributed by atoms with Gasteiger partial charge in [-0.3, -0.25) is 15.0 Å². The number of likely N-dealkylation sites (tertiary alicyclic amines) is 1. The maximum Gasteiger partial charge on any atom is 0.178 e. The molecule has 0 radical (unpaired) electrons. The fourth-order valence-corrected chi connectivity index (χ4v) is 5.29. The van der Waals surface area contributed by atoms with E-state index in [1.54, 1.807) is 42.7 Å². The highest BCUT2D eigenvalue weighted by Crippen LogP contribution is 2.34. The van der Waals surface area contributed by atoms with Gasteiger partial charge in [-0.2, -0.15) is 5.10 Å². The van der Waals surface area contributed by atoms with Crippen molar-refractivity contribution in [1.82, 2.24) is 35.0 Å². The molecule has 38 heavy (non-hydrogen) atoms. The van der Waals surface area contributed by atoms with Gasteiger partial charge < -0.3 is 4.98 Å². The lowest BCUT2D eigenvalue weighted by molar-refractivity contribution is 0.331. The van der Waals surface area contributed by atoms with Crippen LogP contribution in [0.3, 0.4) is 0 Å². The Labute approximate surface area is 216 Å². The molecule has 7 rings (SSSR count). The van der Waals surface area contributed by atoms with Crippen LogP contribution in [0.1, 0.15) is 18.4 Å². The molecular weight excluding hydrogens is 484 g/mol. The number of H-pyrrole nitrogens is 2. The van der Waals surface area contributed by atoms with Gasteiger partial charge in [0.15, 0.2) is 11.5 Å². The van der Waals surface area contributed by atoms with E-state index in [0.717, 1.165) is 25.2 Å². The molecule has 7 nitrogen and oxygen atoms in total. The van der Waals surface area contributed by atoms with Crippen LogP contribution in [-0.2, 0) is 6.54 Å². The van der Waals surface area contributed by atoms with E-state index in [1.807, 2.05) is 12.3 Å². The van der Waals surface area contributed by atoms with E-state index < -0.39 is 0 Å². The number of hydrogen-bond donors (Lipinski definition) is 2. The van der Waals surface area contributed by atoms with E-state index in [-0.39, 0.29) is 11.6 Å². The minimum absolute atomic E-state index is 0.331. The summed E-state index contributed by atoms with van der Waals surface area (Å²) in [7, 11) is 0. The van der Waals surface area contributed by atoms with Crippen LogP contribution in [0.4, 0.5) is 8.78 Å². The van der Waals surface area contributed by atoms with Crippen LogP contribution in [-0.4, -0.2) is 48.1 Å². The molecule has 1 fully saturated rings. The number of nitrogens with one attached hydrogen (secondary N) is 2. The highest BCUT2D eigenvalue weighted by Gasteiger charge is 2.19. The van der Waals surface area contributed by atoms with Crippen LogP contribution >= 0.6 is 0 Å². The number of halogens is 2. The van der Waals surface area contributed by atoms with Gasteiger partial charge in [0, 0.05) is 58.8 Å². The summed E-state index contributed by atoms with van der Waals surface area (Å²) in [6, 6.07) is 13.6. The SMILES string of the molecule is Fc1cc2[nH]nc(-c3nc4nccc(-c5ccccc5F)c4[nH]3)c2cc1-c1cncc(CN2CCCC2)c1. The Morgan fingerprint density at radius 1 is 0.895 bits per heavy atom. The zero-order valence-electron chi connectivity index (χ0n) is 20.4. The summed E-state index contributed by atoms with van der Waals surface area (Å²) in [5, 5.41) is 8.05. The van der Waals surface area contributed by atoms with Gasteiger partial charge in [-0.15, -0.1) is 0 Å². The van der Waals surface area contributed by atoms with Crippen molar-refractivity contribution in [3.05, 3.63) is 84.3 Å². The number of aromatic nitrogens is 6. The summed E-state index contributed by atoms with van der Waals surface area (Å²) in [5.41, 5.74) is 5.43. The van der Waals surface area contributed by atoms with Crippen molar-refractivity contribution in [2.75, 3.05) is 13.1 Å². The normalized spacial score (nSPS) is 14.2. The molecule has 1 aliphatic rings. The zero-order chi connectivity index (χ0) is 25.6. The third kappa shape index (κ3) is 3.92. The average Bonchev–Trinajstić information content (AvgIpc) is 3.68. The molecule has 1 aliphatic heterocycles.